The summed E-state index contributed by atoms with van der Waals surface area (Å²) in [6.45, 7) is 14.4. The van der Waals surface area contributed by atoms with Gasteiger partial charge in [-0.1, -0.05) is 0 Å². The van der Waals surface area contributed by atoms with E-state index in [9.17, 15) is 19.5 Å². The van der Waals surface area contributed by atoms with Crippen LogP contribution in [-0.4, -0.2) is 57.5 Å². The molecule has 3 heterocycles. The van der Waals surface area contributed by atoms with Crippen molar-refractivity contribution in [2.24, 2.45) is 0 Å². The summed E-state index contributed by atoms with van der Waals surface area (Å²) in [6, 6.07) is -0.471. The molecule has 192 valence electrons. The van der Waals surface area contributed by atoms with E-state index in [0.29, 0.717) is 19.4 Å². The van der Waals surface area contributed by atoms with E-state index >= 15 is 0 Å². The number of phenols is 1. The smallest absolute Gasteiger partial charge is 0.248 e. The summed E-state index contributed by atoms with van der Waals surface area (Å²) < 4.78 is 6.41. The lowest BCUT2D eigenvalue weighted by atomic mass is 9.77. The third kappa shape index (κ3) is 4.25. The van der Waals surface area contributed by atoms with Crippen LogP contribution in [0.2, 0.25) is 0 Å². The molecule has 0 saturated carbocycles. The lowest BCUT2D eigenvalue weighted by molar-refractivity contribution is -0.144. The Bertz CT molecular complexity index is 1070. The van der Waals surface area contributed by atoms with E-state index in [1.54, 1.807) is 6.92 Å². The molecule has 0 radical (unpaired) electrons. The molecule has 8 nitrogen and oxygen atoms in total. The largest absolute Gasteiger partial charge is 0.507 e. The Morgan fingerprint density at radius 3 is 2.46 bits per heavy atom. The number of fused-ring (bicyclic) bond motifs is 1. The Morgan fingerprint density at radius 2 is 1.89 bits per heavy atom. The molecule has 35 heavy (non-hydrogen) atoms. The van der Waals surface area contributed by atoms with Gasteiger partial charge in [-0.3, -0.25) is 14.4 Å². The van der Waals surface area contributed by atoms with Gasteiger partial charge in [-0.15, -0.1) is 0 Å². The molecule has 4 atom stereocenters. The zero-order chi connectivity index (χ0) is 25.9. The van der Waals surface area contributed by atoms with Gasteiger partial charge in [0.25, 0.3) is 0 Å². The average Bonchev–Trinajstić information content (AvgIpc) is 3.31. The first-order valence-electron chi connectivity index (χ1n) is 12.7. The second-order valence-corrected chi connectivity index (χ2v) is 11.4. The molecule has 1 unspecified atom stereocenters. The van der Waals surface area contributed by atoms with Crippen molar-refractivity contribution in [1.82, 2.24) is 15.5 Å². The first kappa shape index (κ1) is 25.3. The predicted octanol–water partition coefficient (Wildman–Crippen LogP) is 3.13. The molecular weight excluding hydrogens is 446 g/mol. The molecule has 3 N–H and O–H groups in total. The molecule has 3 amide bonds. The van der Waals surface area contributed by atoms with E-state index in [0.717, 1.165) is 40.8 Å². The van der Waals surface area contributed by atoms with Gasteiger partial charge < -0.3 is 25.4 Å². The number of phenolic OH excluding ortho intramolecular Hbond substituents is 1. The third-order valence-corrected chi connectivity index (χ3v) is 8.47. The fraction of sp³-hybridized carbons (Fsp3) is 0.667. The van der Waals surface area contributed by atoms with Gasteiger partial charge in [-0.05, 0) is 90.8 Å². The normalized spacial score (nSPS) is 26.3. The Balaban J connectivity index is 1.63. The van der Waals surface area contributed by atoms with E-state index in [-0.39, 0.29) is 41.9 Å². The number of amides is 3. The van der Waals surface area contributed by atoms with Gasteiger partial charge >= 0.3 is 0 Å². The number of nitrogens with one attached hydrogen (secondary N) is 2. The summed E-state index contributed by atoms with van der Waals surface area (Å²) >= 11 is 0. The van der Waals surface area contributed by atoms with E-state index in [4.69, 9.17) is 4.74 Å². The fourth-order valence-corrected chi connectivity index (χ4v) is 5.94. The van der Waals surface area contributed by atoms with Crippen LogP contribution in [0, 0.1) is 20.8 Å². The van der Waals surface area contributed by atoms with Crippen LogP contribution in [0.3, 0.4) is 0 Å². The van der Waals surface area contributed by atoms with Gasteiger partial charge in [0, 0.05) is 24.1 Å². The number of carbonyl (C=O) groups is 3. The number of ether oxygens (including phenoxy) is 1. The van der Waals surface area contributed by atoms with Crippen molar-refractivity contribution in [1.29, 1.82) is 0 Å². The molecule has 2 fully saturated rings. The maximum absolute atomic E-state index is 13.8. The summed E-state index contributed by atoms with van der Waals surface area (Å²) in [6.07, 6.45) is 3.03. The maximum atomic E-state index is 13.8. The highest BCUT2D eigenvalue weighted by Crippen LogP contribution is 2.53. The first-order valence-corrected chi connectivity index (χ1v) is 12.7. The quantitative estimate of drug-likeness (QED) is 0.537. The zero-order valence-electron chi connectivity index (χ0n) is 22.0. The van der Waals surface area contributed by atoms with Crippen molar-refractivity contribution in [2.75, 3.05) is 6.54 Å². The molecule has 1 aromatic carbocycles. The molecule has 2 saturated heterocycles. The SMILES string of the molecule is Cc1c(C)c2c(c(C)c1O)C(CC[C@](C)(NC(=O)[C@@H]1CC(=O)N1)C(=O)N1CCC[C@H]1C)C(C)(C)O2. The molecule has 3 aliphatic rings. The van der Waals surface area contributed by atoms with Gasteiger partial charge in [0.05, 0.1) is 6.42 Å². The van der Waals surface area contributed by atoms with Crippen molar-refractivity contribution < 1.29 is 24.2 Å². The van der Waals surface area contributed by atoms with E-state index < -0.39 is 17.2 Å². The number of rotatable bonds is 6. The van der Waals surface area contributed by atoms with E-state index in [2.05, 4.69) is 10.6 Å². The van der Waals surface area contributed by atoms with Gasteiger partial charge in [-0.25, -0.2) is 0 Å². The number of aromatic hydroxyl groups is 1. The van der Waals surface area contributed by atoms with Crippen LogP contribution in [0.5, 0.6) is 11.5 Å². The van der Waals surface area contributed by atoms with E-state index in [1.807, 2.05) is 46.4 Å². The predicted molar refractivity (Wildman–Crippen MR) is 133 cm³/mol. The lowest BCUT2D eigenvalue weighted by Crippen LogP contribution is -2.64. The molecule has 0 bridgehead atoms. The van der Waals surface area contributed by atoms with Crippen molar-refractivity contribution in [3.05, 3.63) is 22.3 Å². The molecule has 3 aliphatic heterocycles. The van der Waals surface area contributed by atoms with Crippen molar-refractivity contribution in [3.8, 4) is 11.5 Å². The monoisotopic (exact) mass is 485 g/mol. The van der Waals surface area contributed by atoms with Gasteiger partial charge in [0.2, 0.25) is 17.7 Å². The number of hydrogen-bond acceptors (Lipinski definition) is 5. The Morgan fingerprint density at radius 1 is 1.23 bits per heavy atom. The summed E-state index contributed by atoms with van der Waals surface area (Å²) in [7, 11) is 0. The minimum absolute atomic E-state index is 0.0638. The van der Waals surface area contributed by atoms with E-state index in [1.165, 1.54) is 0 Å². The molecule has 4 rings (SSSR count). The van der Waals surface area contributed by atoms with Crippen molar-refractivity contribution >= 4 is 17.7 Å². The number of nitrogens with zero attached hydrogens (tertiary/aromatic N) is 1. The van der Waals surface area contributed by atoms with Crippen LogP contribution in [-0.2, 0) is 14.4 Å². The summed E-state index contributed by atoms with van der Waals surface area (Å²) in [4.78, 5) is 40.0. The second-order valence-electron chi connectivity index (χ2n) is 11.4. The highest BCUT2D eigenvalue weighted by molar-refractivity contribution is 6.00. The van der Waals surface area contributed by atoms with Crippen molar-refractivity contribution in [3.63, 3.8) is 0 Å². The van der Waals surface area contributed by atoms with Crippen LogP contribution in [0.25, 0.3) is 0 Å². The Labute approximate surface area is 207 Å². The van der Waals surface area contributed by atoms with Gasteiger partial charge in [0.15, 0.2) is 0 Å². The zero-order valence-corrected chi connectivity index (χ0v) is 22.0. The number of carbonyl (C=O) groups excluding carboxylic acids is 3. The van der Waals surface area contributed by atoms with Crippen LogP contribution in [0.15, 0.2) is 0 Å². The minimum Gasteiger partial charge on any atom is -0.507 e. The molecule has 8 heteroatoms. The minimum atomic E-state index is -1.12. The summed E-state index contributed by atoms with van der Waals surface area (Å²) in [5.74, 6) is 0.467. The standard InChI is InChI=1S/C27H39N3O5/c1-14-9-8-12-30(14)25(34)27(7,29-24(33)19-13-20(31)28-19)11-10-18-21-17(4)22(32)15(2)16(3)23(21)35-26(18,5)6/h14,18-19,32H,8-13H2,1-7H3,(H,28,31)(H,29,33)/t14-,18?,19+,27+/m1/s1. The summed E-state index contributed by atoms with van der Waals surface area (Å²) in [5, 5.41) is 16.4. The number of benzene rings is 1. The molecular formula is C27H39N3O5. The fourth-order valence-electron chi connectivity index (χ4n) is 5.94. The van der Waals surface area contributed by atoms with Crippen LogP contribution < -0.4 is 15.4 Å². The Kier molecular flexibility index (Phi) is 6.31. The number of β-lactam (4-membered cyclic amide) rings is 1. The van der Waals surface area contributed by atoms with Gasteiger partial charge in [0.1, 0.15) is 28.7 Å². The second kappa shape index (κ2) is 8.71. The third-order valence-electron chi connectivity index (χ3n) is 8.47. The van der Waals surface area contributed by atoms with Crippen LogP contribution in [0.1, 0.15) is 88.0 Å². The maximum Gasteiger partial charge on any atom is 0.248 e. The molecule has 1 aromatic rings. The van der Waals surface area contributed by atoms with Crippen LogP contribution in [0.4, 0.5) is 0 Å². The average molecular weight is 486 g/mol. The van der Waals surface area contributed by atoms with Crippen molar-refractivity contribution in [2.45, 2.75) is 110 Å². The van der Waals surface area contributed by atoms with Gasteiger partial charge in [-0.2, -0.15) is 0 Å². The number of likely N-dealkylation sites (tertiary alicyclic amines) is 1. The molecule has 0 aromatic heterocycles. The molecule has 0 aliphatic carbocycles. The first-order chi connectivity index (χ1) is 16.3. The summed E-state index contributed by atoms with van der Waals surface area (Å²) in [5.41, 5.74) is 1.88. The molecule has 0 spiro atoms. The lowest BCUT2D eigenvalue weighted by Gasteiger charge is -2.39. The number of hydrogen-bond donors (Lipinski definition) is 3. The van der Waals surface area contributed by atoms with Crippen LogP contribution >= 0.6 is 0 Å². The highest BCUT2D eigenvalue weighted by Gasteiger charge is 2.48. The topological polar surface area (TPSA) is 108 Å². The Hall–Kier alpha value is -2.77. The highest BCUT2D eigenvalue weighted by atomic mass is 16.5.